The maximum atomic E-state index is 12.7. The van der Waals surface area contributed by atoms with Gasteiger partial charge in [-0.25, -0.2) is 0 Å². The molecule has 2 fully saturated rings. The number of carbonyl (C=O) groups is 2. The van der Waals surface area contributed by atoms with Crippen LogP contribution in [0.3, 0.4) is 0 Å². The number of carboxylic acids is 1. The number of amides is 1. The number of hydrogen-bond donors (Lipinski definition) is 2. The highest BCUT2D eigenvalue weighted by Crippen LogP contribution is 2.42. The predicted octanol–water partition coefficient (Wildman–Crippen LogP) is 2.79. The number of carboxylic acid groups (broad SMARTS) is 1. The summed E-state index contributed by atoms with van der Waals surface area (Å²) < 4.78 is 2.00. The molecule has 2 saturated carbocycles. The van der Waals surface area contributed by atoms with Gasteiger partial charge in [-0.05, 0) is 44.4 Å². The van der Waals surface area contributed by atoms with E-state index in [9.17, 15) is 9.59 Å². The van der Waals surface area contributed by atoms with Crippen molar-refractivity contribution in [1.82, 2.24) is 15.1 Å². The molecule has 3 rings (SSSR count). The van der Waals surface area contributed by atoms with E-state index in [2.05, 4.69) is 24.3 Å². The van der Waals surface area contributed by atoms with Crippen molar-refractivity contribution in [3.05, 3.63) is 17.5 Å². The van der Waals surface area contributed by atoms with Crippen molar-refractivity contribution < 1.29 is 14.7 Å². The fourth-order valence-electron chi connectivity index (χ4n) is 3.60. The summed E-state index contributed by atoms with van der Waals surface area (Å²) in [5.41, 5.74) is 1.79. The lowest BCUT2D eigenvalue weighted by molar-refractivity contribution is -0.142. The second kappa shape index (κ2) is 6.95. The summed E-state index contributed by atoms with van der Waals surface area (Å²) in [6, 6.07) is 0.0774. The number of aliphatic carboxylic acids is 1. The minimum Gasteiger partial charge on any atom is -0.481 e. The molecule has 0 radical (unpaired) electrons. The van der Waals surface area contributed by atoms with Crippen LogP contribution in [0.5, 0.6) is 0 Å². The first-order chi connectivity index (χ1) is 11.5. The van der Waals surface area contributed by atoms with Gasteiger partial charge >= 0.3 is 5.97 Å². The highest BCUT2D eigenvalue weighted by Gasteiger charge is 2.33. The highest BCUT2D eigenvalue weighted by atomic mass is 16.4. The molecule has 1 amide bonds. The molecule has 2 N–H and O–H groups in total. The van der Waals surface area contributed by atoms with Gasteiger partial charge in [-0.3, -0.25) is 14.3 Å². The number of hydrogen-bond acceptors (Lipinski definition) is 3. The minimum absolute atomic E-state index is 0.0503. The number of carbonyl (C=O) groups excluding carboxylic acids is 1. The average Bonchev–Trinajstić information content (AvgIpc) is 3.28. The van der Waals surface area contributed by atoms with Crippen molar-refractivity contribution in [2.24, 2.45) is 11.8 Å². The third-order valence-corrected chi connectivity index (χ3v) is 5.04. The van der Waals surface area contributed by atoms with Crippen LogP contribution in [0.2, 0.25) is 0 Å². The summed E-state index contributed by atoms with van der Waals surface area (Å²) in [5.74, 6) is -0.0650. The van der Waals surface area contributed by atoms with Crippen LogP contribution in [-0.4, -0.2) is 32.8 Å². The van der Waals surface area contributed by atoms with Crippen molar-refractivity contribution >= 4 is 11.9 Å². The fraction of sp³-hybridized carbons (Fsp3) is 0.722. The SMILES string of the molecule is CC(C)Cn1ncc(C(=O)NC2CCC(C(=O)O)CC2)c1C1CC1. The predicted molar refractivity (Wildman–Crippen MR) is 89.9 cm³/mol. The second-order valence-electron chi connectivity index (χ2n) is 7.65. The Morgan fingerprint density at radius 3 is 2.46 bits per heavy atom. The molecule has 6 nitrogen and oxygen atoms in total. The molecule has 0 bridgehead atoms. The van der Waals surface area contributed by atoms with Crippen LogP contribution in [0, 0.1) is 11.8 Å². The third kappa shape index (κ3) is 3.79. The van der Waals surface area contributed by atoms with E-state index in [1.807, 2.05) is 4.68 Å². The number of nitrogens with zero attached hydrogens (tertiary/aromatic N) is 2. The Kier molecular flexibility index (Phi) is 4.92. The Balaban J connectivity index is 1.65. The fourth-order valence-corrected chi connectivity index (χ4v) is 3.60. The van der Waals surface area contributed by atoms with Gasteiger partial charge in [-0.2, -0.15) is 5.10 Å². The van der Waals surface area contributed by atoms with Crippen LogP contribution in [0.25, 0.3) is 0 Å². The summed E-state index contributed by atoms with van der Waals surface area (Å²) >= 11 is 0. The van der Waals surface area contributed by atoms with Crippen LogP contribution < -0.4 is 5.32 Å². The van der Waals surface area contributed by atoms with E-state index in [4.69, 9.17) is 5.11 Å². The molecule has 0 atom stereocenters. The van der Waals surface area contributed by atoms with E-state index in [0.29, 0.717) is 30.2 Å². The highest BCUT2D eigenvalue weighted by molar-refractivity contribution is 5.95. The molecule has 6 heteroatoms. The molecule has 0 unspecified atom stereocenters. The topological polar surface area (TPSA) is 84.2 Å². The molecular formula is C18H27N3O3. The molecule has 132 valence electrons. The standard InChI is InChI=1S/C18H27N3O3/c1-11(2)10-21-16(12-3-4-12)15(9-19-21)17(22)20-14-7-5-13(6-8-14)18(23)24/h9,11-14H,3-8,10H2,1-2H3,(H,20,22)(H,23,24). The zero-order chi connectivity index (χ0) is 17.3. The zero-order valence-corrected chi connectivity index (χ0v) is 14.5. The molecule has 0 spiro atoms. The van der Waals surface area contributed by atoms with Crippen molar-refractivity contribution in [3.63, 3.8) is 0 Å². The number of nitrogens with one attached hydrogen (secondary N) is 1. The minimum atomic E-state index is -0.717. The van der Waals surface area contributed by atoms with E-state index >= 15 is 0 Å². The molecule has 0 aliphatic heterocycles. The van der Waals surface area contributed by atoms with E-state index in [-0.39, 0.29) is 17.9 Å². The Bertz CT molecular complexity index is 611. The smallest absolute Gasteiger partial charge is 0.306 e. The number of aromatic nitrogens is 2. The van der Waals surface area contributed by atoms with Gasteiger partial charge in [0, 0.05) is 18.5 Å². The lowest BCUT2D eigenvalue weighted by Gasteiger charge is -2.26. The molecule has 2 aliphatic rings. The first-order valence-electron chi connectivity index (χ1n) is 9.05. The molecule has 24 heavy (non-hydrogen) atoms. The van der Waals surface area contributed by atoms with Gasteiger partial charge in [0.05, 0.1) is 23.4 Å². The molecule has 1 aromatic rings. The van der Waals surface area contributed by atoms with Gasteiger partial charge in [0.1, 0.15) is 0 Å². The molecule has 0 aromatic carbocycles. The molecule has 2 aliphatic carbocycles. The number of rotatable bonds is 6. The Hall–Kier alpha value is -1.85. The quantitative estimate of drug-likeness (QED) is 0.838. The molecular weight excluding hydrogens is 306 g/mol. The van der Waals surface area contributed by atoms with Gasteiger partial charge < -0.3 is 10.4 Å². The monoisotopic (exact) mass is 333 g/mol. The average molecular weight is 333 g/mol. The van der Waals surface area contributed by atoms with Gasteiger partial charge in [0.2, 0.25) is 0 Å². The second-order valence-corrected chi connectivity index (χ2v) is 7.65. The van der Waals surface area contributed by atoms with E-state index in [1.165, 1.54) is 0 Å². The lowest BCUT2D eigenvalue weighted by atomic mass is 9.86. The van der Waals surface area contributed by atoms with Crippen LogP contribution in [0.15, 0.2) is 6.20 Å². The Labute approximate surface area is 142 Å². The Morgan fingerprint density at radius 2 is 1.92 bits per heavy atom. The first-order valence-corrected chi connectivity index (χ1v) is 9.05. The van der Waals surface area contributed by atoms with E-state index < -0.39 is 5.97 Å². The molecule has 0 saturated heterocycles. The van der Waals surface area contributed by atoms with Crippen LogP contribution in [-0.2, 0) is 11.3 Å². The lowest BCUT2D eigenvalue weighted by Crippen LogP contribution is -2.39. The Morgan fingerprint density at radius 1 is 1.25 bits per heavy atom. The summed E-state index contributed by atoms with van der Waals surface area (Å²) in [7, 11) is 0. The van der Waals surface area contributed by atoms with Gasteiger partial charge in [-0.1, -0.05) is 13.8 Å². The van der Waals surface area contributed by atoms with Crippen molar-refractivity contribution in [2.45, 2.75) is 70.9 Å². The summed E-state index contributed by atoms with van der Waals surface area (Å²) in [6.45, 7) is 5.14. The largest absolute Gasteiger partial charge is 0.481 e. The van der Waals surface area contributed by atoms with Gasteiger partial charge in [0.15, 0.2) is 0 Å². The molecule has 1 heterocycles. The van der Waals surface area contributed by atoms with E-state index in [0.717, 1.165) is 37.9 Å². The van der Waals surface area contributed by atoms with E-state index in [1.54, 1.807) is 6.20 Å². The van der Waals surface area contributed by atoms with Crippen molar-refractivity contribution in [1.29, 1.82) is 0 Å². The maximum absolute atomic E-state index is 12.7. The normalized spacial score (nSPS) is 24.1. The van der Waals surface area contributed by atoms with Gasteiger partial charge in [0.25, 0.3) is 5.91 Å². The van der Waals surface area contributed by atoms with Crippen molar-refractivity contribution in [2.75, 3.05) is 0 Å². The van der Waals surface area contributed by atoms with Crippen LogP contribution in [0.1, 0.15) is 74.3 Å². The molecule has 1 aromatic heterocycles. The van der Waals surface area contributed by atoms with Crippen LogP contribution in [0.4, 0.5) is 0 Å². The van der Waals surface area contributed by atoms with Crippen molar-refractivity contribution in [3.8, 4) is 0 Å². The maximum Gasteiger partial charge on any atom is 0.306 e. The summed E-state index contributed by atoms with van der Waals surface area (Å²) in [4.78, 5) is 23.7. The van der Waals surface area contributed by atoms with Gasteiger partial charge in [-0.15, -0.1) is 0 Å². The zero-order valence-electron chi connectivity index (χ0n) is 14.5. The first kappa shape index (κ1) is 17.0. The summed E-state index contributed by atoms with van der Waals surface area (Å²) in [5, 5.41) is 16.6. The summed E-state index contributed by atoms with van der Waals surface area (Å²) in [6.07, 6.45) is 6.73. The van der Waals surface area contributed by atoms with Crippen LogP contribution >= 0.6 is 0 Å². The third-order valence-electron chi connectivity index (χ3n) is 5.04.